The largest absolute Gasteiger partial charge is 0.351 e. The van der Waals surface area contributed by atoms with Crippen LogP contribution in [0.25, 0.3) is 0 Å². The SMILES string of the molecule is CC(C)(C)C1C2CC(N3COC3)C[C@H]21. The molecule has 1 heterocycles. The molecule has 0 amide bonds. The molecule has 80 valence electrons. The molecule has 2 saturated carbocycles. The standard InChI is InChI=1S/C12H21NO/c1-12(2,3)11-9-4-8(5-10(9)11)13-6-14-7-13/h8-11H,4-7H2,1-3H3/t8?,9-,10?,11?/m1/s1. The van der Waals surface area contributed by atoms with Crippen molar-refractivity contribution in [1.82, 2.24) is 4.90 Å². The first-order valence-electron chi connectivity index (χ1n) is 5.89. The third kappa shape index (κ3) is 1.24. The average molecular weight is 195 g/mol. The summed E-state index contributed by atoms with van der Waals surface area (Å²) in [5.41, 5.74) is 0.547. The van der Waals surface area contributed by atoms with Crippen molar-refractivity contribution in [3.8, 4) is 0 Å². The fourth-order valence-electron chi connectivity index (χ4n) is 3.80. The summed E-state index contributed by atoms with van der Waals surface area (Å²) in [5, 5.41) is 0. The lowest BCUT2D eigenvalue weighted by Crippen LogP contribution is -2.46. The van der Waals surface area contributed by atoms with Gasteiger partial charge in [-0.15, -0.1) is 0 Å². The number of nitrogens with zero attached hydrogens (tertiary/aromatic N) is 1. The van der Waals surface area contributed by atoms with E-state index in [9.17, 15) is 0 Å². The van der Waals surface area contributed by atoms with Crippen LogP contribution in [0, 0.1) is 23.2 Å². The van der Waals surface area contributed by atoms with Gasteiger partial charge in [0, 0.05) is 6.04 Å². The van der Waals surface area contributed by atoms with Crippen LogP contribution in [0.15, 0.2) is 0 Å². The summed E-state index contributed by atoms with van der Waals surface area (Å²) in [6, 6.07) is 0.859. The normalized spacial score (nSPS) is 47.4. The van der Waals surface area contributed by atoms with E-state index >= 15 is 0 Å². The van der Waals surface area contributed by atoms with Gasteiger partial charge in [-0.05, 0) is 36.0 Å². The van der Waals surface area contributed by atoms with Crippen LogP contribution in [0.3, 0.4) is 0 Å². The molecule has 0 aromatic carbocycles. The molecule has 2 nitrogen and oxygen atoms in total. The monoisotopic (exact) mass is 195 g/mol. The first kappa shape index (κ1) is 9.17. The van der Waals surface area contributed by atoms with Crippen molar-refractivity contribution in [3.05, 3.63) is 0 Å². The van der Waals surface area contributed by atoms with E-state index in [-0.39, 0.29) is 0 Å². The van der Waals surface area contributed by atoms with E-state index in [4.69, 9.17) is 4.74 Å². The van der Waals surface area contributed by atoms with E-state index in [1.807, 2.05) is 0 Å². The highest BCUT2D eigenvalue weighted by molar-refractivity contribution is 5.10. The van der Waals surface area contributed by atoms with Gasteiger partial charge >= 0.3 is 0 Å². The van der Waals surface area contributed by atoms with Crippen LogP contribution in [-0.4, -0.2) is 24.4 Å². The van der Waals surface area contributed by atoms with Gasteiger partial charge in [-0.1, -0.05) is 20.8 Å². The number of ether oxygens (including phenoxy) is 1. The Hall–Kier alpha value is -0.0800. The maximum absolute atomic E-state index is 5.22. The first-order chi connectivity index (χ1) is 6.57. The Morgan fingerprint density at radius 3 is 2.00 bits per heavy atom. The number of hydrogen-bond acceptors (Lipinski definition) is 2. The minimum absolute atomic E-state index is 0.547. The highest BCUT2D eigenvalue weighted by Gasteiger charge is 2.60. The molecule has 3 rings (SSSR count). The van der Waals surface area contributed by atoms with Gasteiger partial charge in [-0.25, -0.2) is 0 Å². The summed E-state index contributed by atoms with van der Waals surface area (Å²) >= 11 is 0. The van der Waals surface area contributed by atoms with Gasteiger partial charge < -0.3 is 4.74 Å². The van der Waals surface area contributed by atoms with Gasteiger partial charge in [0.05, 0.1) is 0 Å². The number of rotatable bonds is 1. The second-order valence-electron chi connectivity index (χ2n) is 6.40. The second-order valence-corrected chi connectivity index (χ2v) is 6.40. The van der Waals surface area contributed by atoms with Crippen LogP contribution in [0.5, 0.6) is 0 Å². The topological polar surface area (TPSA) is 12.5 Å². The number of hydrogen-bond donors (Lipinski definition) is 0. The Balaban J connectivity index is 1.57. The summed E-state index contributed by atoms with van der Waals surface area (Å²) < 4.78 is 5.22. The lowest BCUT2D eigenvalue weighted by atomic mass is 9.84. The van der Waals surface area contributed by atoms with Crippen molar-refractivity contribution in [2.75, 3.05) is 13.5 Å². The van der Waals surface area contributed by atoms with Gasteiger partial charge in [0.15, 0.2) is 0 Å². The first-order valence-corrected chi connectivity index (χ1v) is 5.89. The molecule has 4 atom stereocenters. The van der Waals surface area contributed by atoms with Crippen molar-refractivity contribution in [3.63, 3.8) is 0 Å². The fourth-order valence-corrected chi connectivity index (χ4v) is 3.80. The maximum Gasteiger partial charge on any atom is 0.103 e. The summed E-state index contributed by atoms with van der Waals surface area (Å²) in [4.78, 5) is 2.49. The highest BCUT2D eigenvalue weighted by Crippen LogP contribution is 2.64. The van der Waals surface area contributed by atoms with Crippen LogP contribution in [0.4, 0.5) is 0 Å². The fraction of sp³-hybridized carbons (Fsp3) is 1.00. The Kier molecular flexibility index (Phi) is 1.79. The minimum Gasteiger partial charge on any atom is -0.351 e. The van der Waals surface area contributed by atoms with Crippen LogP contribution < -0.4 is 0 Å². The molecule has 0 N–H and O–H groups in total. The summed E-state index contributed by atoms with van der Waals surface area (Å²) in [6.45, 7) is 8.99. The predicted octanol–water partition coefficient (Wildman–Crippen LogP) is 2.30. The van der Waals surface area contributed by atoms with E-state index in [0.29, 0.717) is 5.41 Å². The lowest BCUT2D eigenvalue weighted by Gasteiger charge is -2.37. The Bertz CT molecular complexity index is 229. The molecular weight excluding hydrogens is 174 g/mol. The summed E-state index contributed by atoms with van der Waals surface area (Å²) in [6.07, 6.45) is 2.88. The van der Waals surface area contributed by atoms with E-state index in [0.717, 1.165) is 37.3 Å². The Labute approximate surface area is 86.6 Å². The molecule has 0 bridgehead atoms. The maximum atomic E-state index is 5.22. The predicted molar refractivity (Wildman–Crippen MR) is 55.6 cm³/mol. The zero-order chi connectivity index (χ0) is 9.92. The van der Waals surface area contributed by atoms with Gasteiger partial charge in [-0.2, -0.15) is 0 Å². The Morgan fingerprint density at radius 1 is 1.07 bits per heavy atom. The third-order valence-electron chi connectivity index (χ3n) is 4.45. The smallest absolute Gasteiger partial charge is 0.103 e. The van der Waals surface area contributed by atoms with Crippen molar-refractivity contribution >= 4 is 0 Å². The molecule has 1 saturated heterocycles. The van der Waals surface area contributed by atoms with Gasteiger partial charge in [-0.3, -0.25) is 4.90 Å². The second kappa shape index (κ2) is 2.73. The van der Waals surface area contributed by atoms with Crippen LogP contribution >= 0.6 is 0 Å². The van der Waals surface area contributed by atoms with E-state index in [2.05, 4.69) is 25.7 Å². The summed E-state index contributed by atoms with van der Waals surface area (Å²) in [7, 11) is 0. The highest BCUT2D eigenvalue weighted by atomic mass is 16.5. The zero-order valence-electron chi connectivity index (χ0n) is 9.49. The third-order valence-corrected chi connectivity index (χ3v) is 4.45. The molecule has 3 unspecified atom stereocenters. The molecule has 14 heavy (non-hydrogen) atoms. The van der Waals surface area contributed by atoms with E-state index < -0.39 is 0 Å². The lowest BCUT2D eigenvalue weighted by molar-refractivity contribution is -0.166. The number of fused-ring (bicyclic) bond motifs is 1. The van der Waals surface area contributed by atoms with Crippen molar-refractivity contribution in [2.45, 2.75) is 39.7 Å². The Morgan fingerprint density at radius 2 is 1.64 bits per heavy atom. The van der Waals surface area contributed by atoms with Crippen molar-refractivity contribution in [1.29, 1.82) is 0 Å². The minimum atomic E-state index is 0.547. The van der Waals surface area contributed by atoms with Crippen LogP contribution in [-0.2, 0) is 4.74 Å². The molecule has 3 aliphatic rings. The van der Waals surface area contributed by atoms with Gasteiger partial charge in [0.2, 0.25) is 0 Å². The van der Waals surface area contributed by atoms with Crippen LogP contribution in [0.2, 0.25) is 0 Å². The quantitative estimate of drug-likeness (QED) is 0.636. The molecule has 0 spiro atoms. The summed E-state index contributed by atoms with van der Waals surface area (Å²) in [5.74, 6) is 3.10. The molecule has 1 aliphatic heterocycles. The molecule has 2 aliphatic carbocycles. The molecule has 2 heteroatoms. The average Bonchev–Trinajstić information content (AvgIpc) is 2.46. The molecule has 0 aromatic rings. The van der Waals surface area contributed by atoms with Gasteiger partial charge in [0.25, 0.3) is 0 Å². The van der Waals surface area contributed by atoms with Crippen LogP contribution in [0.1, 0.15) is 33.6 Å². The molecule has 0 radical (unpaired) electrons. The molecular formula is C12H21NO. The van der Waals surface area contributed by atoms with E-state index in [1.165, 1.54) is 12.8 Å². The molecule has 0 aromatic heterocycles. The van der Waals surface area contributed by atoms with E-state index in [1.54, 1.807) is 0 Å². The zero-order valence-corrected chi connectivity index (χ0v) is 9.49. The molecule has 3 fully saturated rings. The van der Waals surface area contributed by atoms with Gasteiger partial charge in [0.1, 0.15) is 13.5 Å². The van der Waals surface area contributed by atoms with Crippen molar-refractivity contribution < 1.29 is 4.74 Å². The van der Waals surface area contributed by atoms with Crippen molar-refractivity contribution in [2.24, 2.45) is 23.2 Å².